The molecule has 1 aromatic carbocycles. The zero-order chi connectivity index (χ0) is 17.6. The van der Waals surface area contributed by atoms with Crippen molar-refractivity contribution in [2.75, 3.05) is 0 Å². The van der Waals surface area contributed by atoms with Crippen LogP contribution < -0.4 is 0 Å². The summed E-state index contributed by atoms with van der Waals surface area (Å²) in [5.74, 6) is 2.87. The van der Waals surface area contributed by atoms with E-state index in [1.54, 1.807) is 11.6 Å². The lowest BCUT2D eigenvalue weighted by atomic mass is 9.70. The fourth-order valence-corrected chi connectivity index (χ4v) is 5.02. The van der Waals surface area contributed by atoms with Gasteiger partial charge in [-0.15, -0.1) is 0 Å². The van der Waals surface area contributed by atoms with Crippen LogP contribution in [0.1, 0.15) is 82.3 Å². The van der Waals surface area contributed by atoms with Gasteiger partial charge in [-0.25, -0.2) is 4.39 Å². The van der Waals surface area contributed by atoms with E-state index in [-0.39, 0.29) is 5.82 Å². The van der Waals surface area contributed by atoms with Gasteiger partial charge >= 0.3 is 0 Å². The Kier molecular flexibility index (Phi) is 6.73. The molecule has 0 saturated heterocycles. The van der Waals surface area contributed by atoms with Gasteiger partial charge in [0.2, 0.25) is 0 Å². The van der Waals surface area contributed by atoms with E-state index in [9.17, 15) is 4.39 Å². The number of hydrogen-bond acceptors (Lipinski definition) is 0. The number of rotatable bonds is 6. The van der Waals surface area contributed by atoms with Crippen molar-refractivity contribution >= 4 is 0 Å². The summed E-state index contributed by atoms with van der Waals surface area (Å²) >= 11 is 0. The second-order valence-corrected chi connectivity index (χ2v) is 8.55. The first-order chi connectivity index (χ1) is 12.2. The number of hydrogen-bond donors (Lipinski definition) is 0. The van der Waals surface area contributed by atoms with Crippen LogP contribution in [0.5, 0.6) is 0 Å². The highest BCUT2D eigenvalue weighted by Gasteiger charge is 2.28. The molecule has 0 bridgehead atoms. The van der Waals surface area contributed by atoms with Gasteiger partial charge in [-0.1, -0.05) is 56.4 Å². The zero-order valence-corrected chi connectivity index (χ0v) is 16.2. The van der Waals surface area contributed by atoms with Crippen LogP contribution in [0.3, 0.4) is 0 Å². The average Bonchev–Trinajstić information content (AvgIpc) is 2.64. The molecule has 138 valence electrons. The second-order valence-electron chi connectivity index (χ2n) is 8.55. The Morgan fingerprint density at radius 1 is 1.00 bits per heavy atom. The molecule has 1 atom stereocenters. The quantitative estimate of drug-likeness (QED) is 0.472. The summed E-state index contributed by atoms with van der Waals surface area (Å²) in [6.45, 7) is 4.16. The van der Waals surface area contributed by atoms with E-state index in [0.717, 1.165) is 41.7 Å². The normalized spacial score (nSPS) is 27.2. The zero-order valence-electron chi connectivity index (χ0n) is 16.2. The van der Waals surface area contributed by atoms with Crippen LogP contribution in [-0.4, -0.2) is 0 Å². The summed E-state index contributed by atoms with van der Waals surface area (Å²) in [5, 5.41) is 0. The summed E-state index contributed by atoms with van der Waals surface area (Å²) in [7, 11) is 0. The molecule has 0 radical (unpaired) electrons. The maximum Gasteiger partial charge on any atom is 0.126 e. The maximum atomic E-state index is 13.7. The van der Waals surface area contributed by atoms with Crippen LogP contribution in [-0.2, 0) is 6.42 Å². The van der Waals surface area contributed by atoms with Gasteiger partial charge in [0.05, 0.1) is 0 Å². The lowest BCUT2D eigenvalue weighted by Gasteiger charge is -2.35. The van der Waals surface area contributed by atoms with Crippen LogP contribution >= 0.6 is 0 Å². The highest BCUT2D eigenvalue weighted by atomic mass is 19.1. The molecule has 0 amide bonds. The number of aryl methyl sites for hydroxylation is 2. The summed E-state index contributed by atoms with van der Waals surface area (Å²) in [4.78, 5) is 0. The van der Waals surface area contributed by atoms with Crippen LogP contribution in [0.25, 0.3) is 0 Å². The lowest BCUT2D eigenvalue weighted by Crippen LogP contribution is -2.23. The van der Waals surface area contributed by atoms with Crippen molar-refractivity contribution in [2.45, 2.75) is 84.5 Å². The molecule has 2 aliphatic carbocycles. The molecule has 25 heavy (non-hydrogen) atoms. The highest BCUT2D eigenvalue weighted by Crippen LogP contribution is 2.41. The van der Waals surface area contributed by atoms with Crippen molar-refractivity contribution in [1.29, 1.82) is 0 Å². The summed E-state index contributed by atoms with van der Waals surface area (Å²) in [5.41, 5.74) is 3.49. The van der Waals surface area contributed by atoms with Gasteiger partial charge in [0.15, 0.2) is 0 Å². The first kappa shape index (κ1) is 18.7. The Morgan fingerprint density at radius 2 is 1.80 bits per heavy atom. The topological polar surface area (TPSA) is 0 Å². The van der Waals surface area contributed by atoms with Crippen molar-refractivity contribution in [3.05, 3.63) is 46.8 Å². The monoisotopic (exact) mass is 342 g/mol. The van der Waals surface area contributed by atoms with Crippen LogP contribution in [0.4, 0.5) is 4.39 Å². The SMILES string of the molecule is CCC[C@H]1CC[C@H](C2CC=C(CCc3ccc(C)c(F)c3)CC2)CC1. The average molecular weight is 343 g/mol. The molecule has 1 fully saturated rings. The van der Waals surface area contributed by atoms with Gasteiger partial charge in [0.1, 0.15) is 5.82 Å². The standard InChI is InChI=1S/C24H35F/c1-3-4-19-9-13-22(14-10-19)23-15-11-20(12-16-23)7-8-21-6-5-18(2)24(25)17-21/h5-6,11,17,19,22-23H,3-4,7-10,12-16H2,1-2H3/t19-,22-,23?. The minimum Gasteiger partial charge on any atom is -0.207 e. The third-order valence-electron chi connectivity index (χ3n) is 6.77. The molecule has 0 spiro atoms. The maximum absolute atomic E-state index is 13.7. The number of halogens is 1. The molecule has 1 heteroatoms. The van der Waals surface area contributed by atoms with Crippen LogP contribution in [0.2, 0.25) is 0 Å². The first-order valence-electron chi connectivity index (χ1n) is 10.6. The van der Waals surface area contributed by atoms with E-state index >= 15 is 0 Å². The molecule has 1 aromatic rings. The van der Waals surface area contributed by atoms with E-state index in [4.69, 9.17) is 0 Å². The van der Waals surface area contributed by atoms with E-state index in [1.165, 1.54) is 57.8 Å². The predicted octanol–water partition coefficient (Wildman–Crippen LogP) is 7.40. The van der Waals surface area contributed by atoms with Gasteiger partial charge in [0, 0.05) is 0 Å². The Morgan fingerprint density at radius 3 is 2.44 bits per heavy atom. The van der Waals surface area contributed by atoms with Gasteiger partial charge in [-0.3, -0.25) is 0 Å². The third-order valence-corrected chi connectivity index (χ3v) is 6.77. The van der Waals surface area contributed by atoms with Crippen LogP contribution in [0, 0.1) is 30.5 Å². The molecular weight excluding hydrogens is 307 g/mol. The number of allylic oxidation sites excluding steroid dienone is 2. The van der Waals surface area contributed by atoms with Gasteiger partial charge in [-0.05, 0) is 86.8 Å². The first-order valence-corrected chi connectivity index (χ1v) is 10.6. The lowest BCUT2D eigenvalue weighted by molar-refractivity contribution is 0.186. The minimum absolute atomic E-state index is 0.0612. The van der Waals surface area contributed by atoms with Crippen molar-refractivity contribution in [2.24, 2.45) is 17.8 Å². The molecule has 0 aliphatic heterocycles. The molecule has 0 heterocycles. The van der Waals surface area contributed by atoms with Gasteiger partial charge in [-0.2, -0.15) is 0 Å². The molecule has 0 nitrogen and oxygen atoms in total. The Bertz CT molecular complexity index is 578. The summed E-state index contributed by atoms with van der Waals surface area (Å²) in [6.07, 6.45) is 17.3. The predicted molar refractivity (Wildman–Crippen MR) is 105 cm³/mol. The Hall–Kier alpha value is -1.11. The second kappa shape index (κ2) is 9.01. The molecule has 2 aliphatic rings. The largest absolute Gasteiger partial charge is 0.207 e. The molecular formula is C24H35F. The number of benzene rings is 1. The van der Waals surface area contributed by atoms with E-state index in [2.05, 4.69) is 19.1 Å². The van der Waals surface area contributed by atoms with Crippen molar-refractivity contribution in [3.8, 4) is 0 Å². The van der Waals surface area contributed by atoms with Crippen molar-refractivity contribution in [3.63, 3.8) is 0 Å². The van der Waals surface area contributed by atoms with E-state index < -0.39 is 0 Å². The van der Waals surface area contributed by atoms with Crippen molar-refractivity contribution in [1.82, 2.24) is 0 Å². The molecule has 0 aromatic heterocycles. The highest BCUT2D eigenvalue weighted by molar-refractivity contribution is 5.24. The fourth-order valence-electron chi connectivity index (χ4n) is 5.02. The fraction of sp³-hybridized carbons (Fsp3) is 0.667. The Balaban J connectivity index is 1.44. The van der Waals surface area contributed by atoms with Crippen LogP contribution in [0.15, 0.2) is 29.8 Å². The smallest absolute Gasteiger partial charge is 0.126 e. The minimum atomic E-state index is -0.0612. The van der Waals surface area contributed by atoms with E-state index in [0.29, 0.717) is 0 Å². The Labute approximate surface area is 153 Å². The van der Waals surface area contributed by atoms with Gasteiger partial charge < -0.3 is 0 Å². The molecule has 1 unspecified atom stereocenters. The summed E-state index contributed by atoms with van der Waals surface area (Å²) < 4.78 is 13.7. The summed E-state index contributed by atoms with van der Waals surface area (Å²) in [6, 6.07) is 5.71. The molecule has 1 saturated carbocycles. The molecule has 0 N–H and O–H groups in total. The van der Waals surface area contributed by atoms with Crippen molar-refractivity contribution < 1.29 is 4.39 Å². The van der Waals surface area contributed by atoms with E-state index in [1.807, 2.05) is 13.0 Å². The third kappa shape index (κ3) is 5.19. The molecule has 3 rings (SSSR count). The van der Waals surface area contributed by atoms with Gasteiger partial charge in [0.25, 0.3) is 0 Å².